The molecule has 1 fully saturated rings. The number of hydrogen-bond donors (Lipinski definition) is 1. The van der Waals surface area contributed by atoms with Crippen molar-refractivity contribution in [3.05, 3.63) is 29.8 Å². The van der Waals surface area contributed by atoms with Gasteiger partial charge >= 0.3 is 0 Å². The Kier molecular flexibility index (Phi) is 3.53. The molecule has 2 nitrogen and oxygen atoms in total. The third-order valence-corrected chi connectivity index (χ3v) is 5.31. The van der Waals surface area contributed by atoms with Crippen LogP contribution in [0, 0.1) is 5.92 Å². The number of thioether (sulfide) groups is 1. The largest absolute Gasteiger partial charge is 0.354 e. The summed E-state index contributed by atoms with van der Waals surface area (Å²) in [4.78, 5) is 13.4. The monoisotopic (exact) mass is 281 g/mol. The lowest BCUT2D eigenvalue weighted by Crippen LogP contribution is -2.34. The number of hydrogen-bond acceptors (Lipinski definition) is 2. The maximum Gasteiger partial charge on any atom is 0.228 e. The van der Waals surface area contributed by atoms with E-state index in [2.05, 4.69) is 17.4 Å². The van der Waals surface area contributed by atoms with Crippen molar-refractivity contribution in [2.45, 2.75) is 29.0 Å². The van der Waals surface area contributed by atoms with Gasteiger partial charge in [0.2, 0.25) is 5.91 Å². The molecule has 1 heterocycles. The fraction of sp³-hybridized carbons (Fsp3) is 0.500. The first-order valence-corrected chi connectivity index (χ1v) is 7.81. The van der Waals surface area contributed by atoms with Crippen LogP contribution < -0.4 is 5.32 Å². The lowest BCUT2D eigenvalue weighted by molar-refractivity contribution is -0.122. The van der Waals surface area contributed by atoms with Crippen LogP contribution in [0.1, 0.15) is 24.3 Å². The van der Waals surface area contributed by atoms with E-state index >= 15 is 0 Å². The second-order valence-corrected chi connectivity index (χ2v) is 6.62. The zero-order valence-corrected chi connectivity index (χ0v) is 11.6. The van der Waals surface area contributed by atoms with Gasteiger partial charge < -0.3 is 5.32 Å². The number of amides is 1. The standard InChI is InChI=1S/C14H16ClNOS/c15-12(9-5-6-9)7-16-14(17)11-8-18-13-4-2-1-3-10(11)13/h1-4,9,11-12H,5-8H2,(H,16,17). The van der Waals surface area contributed by atoms with Crippen LogP contribution in [0.3, 0.4) is 0 Å². The first-order chi connectivity index (χ1) is 8.75. The molecule has 1 saturated carbocycles. The Morgan fingerprint density at radius 3 is 3.00 bits per heavy atom. The van der Waals surface area contributed by atoms with E-state index in [9.17, 15) is 4.79 Å². The molecule has 1 aromatic rings. The van der Waals surface area contributed by atoms with Gasteiger partial charge in [0.15, 0.2) is 0 Å². The van der Waals surface area contributed by atoms with Crippen molar-refractivity contribution in [3.63, 3.8) is 0 Å². The number of fused-ring (bicyclic) bond motifs is 1. The van der Waals surface area contributed by atoms with Crippen molar-refractivity contribution in [2.24, 2.45) is 5.92 Å². The molecule has 0 spiro atoms. The summed E-state index contributed by atoms with van der Waals surface area (Å²) in [6, 6.07) is 8.16. The van der Waals surface area contributed by atoms with Crippen LogP contribution in [0.5, 0.6) is 0 Å². The number of benzene rings is 1. The zero-order chi connectivity index (χ0) is 12.5. The normalized spacial score (nSPS) is 23.5. The molecule has 0 radical (unpaired) electrons. The van der Waals surface area contributed by atoms with Gasteiger partial charge in [-0.2, -0.15) is 0 Å². The van der Waals surface area contributed by atoms with E-state index < -0.39 is 0 Å². The summed E-state index contributed by atoms with van der Waals surface area (Å²) in [5, 5.41) is 3.11. The fourth-order valence-corrected chi connectivity index (χ4v) is 3.88. The molecule has 1 amide bonds. The van der Waals surface area contributed by atoms with Gasteiger partial charge in [0.05, 0.1) is 11.3 Å². The number of alkyl halides is 1. The molecule has 2 atom stereocenters. The van der Waals surface area contributed by atoms with Crippen LogP contribution in [0.25, 0.3) is 0 Å². The zero-order valence-electron chi connectivity index (χ0n) is 10.1. The van der Waals surface area contributed by atoms with Crippen LogP contribution >= 0.6 is 23.4 Å². The summed E-state index contributed by atoms with van der Waals surface area (Å²) in [6.07, 6.45) is 2.43. The predicted octanol–water partition coefficient (Wildman–Crippen LogP) is 3.01. The van der Waals surface area contributed by atoms with E-state index in [1.54, 1.807) is 11.8 Å². The van der Waals surface area contributed by atoms with Crippen LogP contribution in [-0.4, -0.2) is 23.6 Å². The summed E-state index contributed by atoms with van der Waals surface area (Å²) >= 11 is 7.97. The van der Waals surface area contributed by atoms with E-state index in [4.69, 9.17) is 11.6 Å². The first-order valence-electron chi connectivity index (χ1n) is 6.39. The van der Waals surface area contributed by atoms with Crippen molar-refractivity contribution < 1.29 is 4.79 Å². The van der Waals surface area contributed by atoms with E-state index in [-0.39, 0.29) is 17.2 Å². The molecule has 18 heavy (non-hydrogen) atoms. The second-order valence-electron chi connectivity index (χ2n) is 5.00. The van der Waals surface area contributed by atoms with E-state index in [1.165, 1.54) is 17.7 Å². The smallest absolute Gasteiger partial charge is 0.228 e. The van der Waals surface area contributed by atoms with E-state index in [0.717, 1.165) is 11.3 Å². The Morgan fingerprint density at radius 1 is 1.44 bits per heavy atom. The van der Waals surface area contributed by atoms with Gasteiger partial charge in [-0.15, -0.1) is 23.4 Å². The number of carbonyl (C=O) groups is 1. The Balaban J connectivity index is 1.60. The molecular formula is C14H16ClNOS. The Hall–Kier alpha value is -0.670. The minimum atomic E-state index is -0.00531. The minimum Gasteiger partial charge on any atom is -0.354 e. The highest BCUT2D eigenvalue weighted by Crippen LogP contribution is 2.39. The highest BCUT2D eigenvalue weighted by Gasteiger charge is 2.32. The predicted molar refractivity (Wildman–Crippen MR) is 75.3 cm³/mol. The molecule has 0 saturated heterocycles. The van der Waals surface area contributed by atoms with Gasteiger partial charge in [-0.3, -0.25) is 4.79 Å². The molecule has 96 valence electrons. The average Bonchev–Trinajstić information content (AvgIpc) is 3.15. The van der Waals surface area contributed by atoms with Gasteiger partial charge in [0.25, 0.3) is 0 Å². The van der Waals surface area contributed by atoms with Gasteiger partial charge in [0, 0.05) is 17.2 Å². The summed E-state index contributed by atoms with van der Waals surface area (Å²) < 4.78 is 0. The van der Waals surface area contributed by atoms with E-state index in [1.807, 2.05) is 12.1 Å². The fourth-order valence-electron chi connectivity index (χ4n) is 2.33. The van der Waals surface area contributed by atoms with Crippen molar-refractivity contribution in [1.82, 2.24) is 5.32 Å². The van der Waals surface area contributed by atoms with Gasteiger partial charge in [-0.1, -0.05) is 18.2 Å². The quantitative estimate of drug-likeness (QED) is 0.860. The SMILES string of the molecule is O=C(NCC(Cl)C1CC1)C1CSc2ccccc21. The third kappa shape index (κ3) is 2.52. The Labute approximate surface area is 116 Å². The molecule has 0 bridgehead atoms. The summed E-state index contributed by atoms with van der Waals surface area (Å²) in [5.41, 5.74) is 1.16. The molecule has 1 aromatic carbocycles. The van der Waals surface area contributed by atoms with Gasteiger partial charge in [0.1, 0.15) is 0 Å². The molecule has 2 aliphatic rings. The van der Waals surface area contributed by atoms with Crippen molar-refractivity contribution >= 4 is 29.3 Å². The van der Waals surface area contributed by atoms with Gasteiger partial charge in [-0.05, 0) is 30.4 Å². The molecule has 1 aliphatic heterocycles. The molecule has 4 heteroatoms. The van der Waals surface area contributed by atoms with Crippen molar-refractivity contribution in [3.8, 4) is 0 Å². The first kappa shape index (κ1) is 12.4. The molecule has 2 unspecified atom stereocenters. The maximum absolute atomic E-state index is 12.2. The minimum absolute atomic E-state index is 0.00531. The average molecular weight is 282 g/mol. The number of carbonyl (C=O) groups excluding carboxylic acids is 1. The summed E-state index contributed by atoms with van der Waals surface area (Å²) in [7, 11) is 0. The number of nitrogens with one attached hydrogen (secondary N) is 1. The van der Waals surface area contributed by atoms with Crippen LogP contribution in [0.2, 0.25) is 0 Å². The van der Waals surface area contributed by atoms with Crippen molar-refractivity contribution in [1.29, 1.82) is 0 Å². The molecule has 1 aliphatic carbocycles. The molecule has 3 rings (SSSR count). The van der Waals surface area contributed by atoms with Crippen LogP contribution in [0.4, 0.5) is 0 Å². The van der Waals surface area contributed by atoms with Gasteiger partial charge in [-0.25, -0.2) is 0 Å². The molecule has 1 N–H and O–H groups in total. The topological polar surface area (TPSA) is 29.1 Å². The van der Waals surface area contributed by atoms with E-state index in [0.29, 0.717) is 12.5 Å². The lowest BCUT2D eigenvalue weighted by Gasteiger charge is -2.14. The highest BCUT2D eigenvalue weighted by molar-refractivity contribution is 7.99. The Bertz CT molecular complexity index is 461. The molecule has 0 aromatic heterocycles. The lowest BCUT2D eigenvalue weighted by atomic mass is 10.0. The summed E-state index contributed by atoms with van der Waals surface area (Å²) in [5.74, 6) is 1.59. The van der Waals surface area contributed by atoms with Crippen molar-refractivity contribution in [2.75, 3.05) is 12.3 Å². The number of halogens is 1. The maximum atomic E-state index is 12.2. The Morgan fingerprint density at radius 2 is 2.22 bits per heavy atom. The third-order valence-electron chi connectivity index (χ3n) is 3.62. The number of rotatable bonds is 4. The van der Waals surface area contributed by atoms with Crippen LogP contribution in [0.15, 0.2) is 29.2 Å². The molecular weight excluding hydrogens is 266 g/mol. The van der Waals surface area contributed by atoms with Crippen LogP contribution in [-0.2, 0) is 4.79 Å². The second kappa shape index (κ2) is 5.14. The summed E-state index contributed by atoms with van der Waals surface area (Å²) in [6.45, 7) is 0.606. The highest BCUT2D eigenvalue weighted by atomic mass is 35.5.